The summed E-state index contributed by atoms with van der Waals surface area (Å²) in [6.07, 6.45) is 6.54. The zero-order chi connectivity index (χ0) is 22.4. The van der Waals surface area contributed by atoms with Gasteiger partial charge in [0.15, 0.2) is 11.5 Å². The van der Waals surface area contributed by atoms with E-state index in [1.165, 1.54) is 24.2 Å². The summed E-state index contributed by atoms with van der Waals surface area (Å²) in [5.41, 5.74) is 3.31. The van der Waals surface area contributed by atoms with E-state index in [1.807, 2.05) is 36.4 Å². The molecule has 6 rings (SSSR count). The number of nitrogens with one attached hydrogen (secondary N) is 1. The first-order valence-electron chi connectivity index (χ1n) is 10.6. The Morgan fingerprint density at radius 2 is 1.91 bits per heavy atom. The van der Waals surface area contributed by atoms with Gasteiger partial charge in [-0.05, 0) is 54.7 Å². The van der Waals surface area contributed by atoms with Crippen LogP contribution in [0.15, 0.2) is 65.8 Å². The number of hydrogen-bond donors (Lipinski definition) is 1. The molecular weight excluding hydrogens is 418 g/mol. The van der Waals surface area contributed by atoms with Crippen LogP contribution in [-0.2, 0) is 0 Å². The molecule has 2 aromatic carbocycles. The highest BCUT2D eigenvalue weighted by molar-refractivity contribution is 5.95. The SMILES string of the molecule is COc1ccc(-c2nc3c4cccc(C5CC5)c4nc(Nc4cnccnc4=O)n3n2)cc1. The molecule has 9 nitrogen and oxygen atoms in total. The maximum Gasteiger partial charge on any atom is 0.295 e. The van der Waals surface area contributed by atoms with Crippen LogP contribution in [0.1, 0.15) is 24.3 Å². The van der Waals surface area contributed by atoms with Crippen molar-refractivity contribution in [2.24, 2.45) is 0 Å². The van der Waals surface area contributed by atoms with Crippen molar-refractivity contribution < 1.29 is 4.74 Å². The summed E-state index contributed by atoms with van der Waals surface area (Å²) in [6.45, 7) is 0. The number of hydrogen-bond acceptors (Lipinski definition) is 8. The number of fused-ring (bicyclic) bond motifs is 3. The van der Waals surface area contributed by atoms with Gasteiger partial charge < -0.3 is 10.1 Å². The van der Waals surface area contributed by atoms with Gasteiger partial charge in [0.2, 0.25) is 5.95 Å². The number of aromatic nitrogens is 6. The van der Waals surface area contributed by atoms with Crippen LogP contribution in [0.25, 0.3) is 27.9 Å². The highest BCUT2D eigenvalue weighted by Crippen LogP contribution is 2.43. The standard InChI is InChI=1S/C24H19N7O2/c1-33-16-9-7-15(8-10-16)21-29-22-18-4-2-3-17(14-5-6-14)20(18)28-24(31(22)30-21)27-19-13-25-11-12-26-23(19)32/h2-4,7-14H,5-6H2,1H3,(H,26,27,28,32). The van der Waals surface area contributed by atoms with E-state index < -0.39 is 5.56 Å². The summed E-state index contributed by atoms with van der Waals surface area (Å²) >= 11 is 0. The van der Waals surface area contributed by atoms with Gasteiger partial charge in [-0.25, -0.2) is 15.0 Å². The van der Waals surface area contributed by atoms with Gasteiger partial charge in [0, 0.05) is 23.3 Å². The van der Waals surface area contributed by atoms with Crippen molar-refractivity contribution in [2.45, 2.75) is 18.8 Å². The van der Waals surface area contributed by atoms with Crippen LogP contribution in [0.2, 0.25) is 0 Å². The summed E-state index contributed by atoms with van der Waals surface area (Å²) in [6, 6.07) is 13.7. The van der Waals surface area contributed by atoms with Crippen molar-refractivity contribution in [2.75, 3.05) is 12.4 Å². The second kappa shape index (κ2) is 7.63. The van der Waals surface area contributed by atoms with Gasteiger partial charge in [-0.1, -0.05) is 12.1 Å². The topological polar surface area (TPSA) is 107 Å². The lowest BCUT2D eigenvalue weighted by Crippen LogP contribution is -2.12. The van der Waals surface area contributed by atoms with Gasteiger partial charge in [-0.2, -0.15) is 4.52 Å². The number of anilines is 2. The van der Waals surface area contributed by atoms with Gasteiger partial charge in [-0.15, -0.1) is 5.10 Å². The second-order valence-corrected chi connectivity index (χ2v) is 7.90. The predicted octanol–water partition coefficient (Wildman–Crippen LogP) is 3.72. The molecule has 3 aromatic heterocycles. The lowest BCUT2D eigenvalue weighted by molar-refractivity contribution is 0.415. The van der Waals surface area contributed by atoms with Gasteiger partial charge in [-0.3, -0.25) is 9.78 Å². The largest absolute Gasteiger partial charge is 0.497 e. The minimum absolute atomic E-state index is 0.207. The third-order valence-corrected chi connectivity index (χ3v) is 5.72. The van der Waals surface area contributed by atoms with Crippen LogP contribution in [-0.4, -0.2) is 36.7 Å². The van der Waals surface area contributed by atoms with Crippen LogP contribution in [0.5, 0.6) is 5.75 Å². The van der Waals surface area contributed by atoms with Crippen molar-refractivity contribution in [3.63, 3.8) is 0 Å². The molecule has 0 atom stereocenters. The molecule has 0 spiro atoms. The fraction of sp³-hybridized carbons (Fsp3) is 0.167. The molecule has 0 aliphatic heterocycles. The molecule has 0 radical (unpaired) electrons. The molecule has 0 saturated heterocycles. The molecule has 9 heteroatoms. The summed E-state index contributed by atoms with van der Waals surface area (Å²) in [5, 5.41) is 8.72. The number of nitrogens with zero attached hydrogens (tertiary/aromatic N) is 6. The first-order chi connectivity index (χ1) is 16.2. The summed E-state index contributed by atoms with van der Waals surface area (Å²) in [7, 11) is 1.63. The van der Waals surface area contributed by atoms with Crippen molar-refractivity contribution >= 4 is 28.2 Å². The third kappa shape index (κ3) is 3.43. The molecule has 1 fully saturated rings. The Balaban J connectivity index is 1.59. The Morgan fingerprint density at radius 1 is 1.06 bits per heavy atom. The number of rotatable bonds is 5. The van der Waals surface area contributed by atoms with E-state index >= 15 is 0 Å². The number of methoxy groups -OCH3 is 1. The molecular formula is C24H19N7O2. The highest BCUT2D eigenvalue weighted by Gasteiger charge is 2.27. The molecule has 1 saturated carbocycles. The quantitative estimate of drug-likeness (QED) is 0.443. The number of para-hydroxylation sites is 1. The average Bonchev–Trinajstić information content (AvgIpc) is 3.62. The summed E-state index contributed by atoms with van der Waals surface area (Å²) in [5.74, 6) is 2.17. The Bertz CT molecular complexity index is 1560. The molecule has 1 N–H and O–H groups in total. The van der Waals surface area contributed by atoms with Gasteiger partial charge in [0.25, 0.3) is 5.56 Å². The molecule has 162 valence electrons. The average molecular weight is 437 g/mol. The third-order valence-electron chi connectivity index (χ3n) is 5.72. The van der Waals surface area contributed by atoms with E-state index in [-0.39, 0.29) is 5.69 Å². The smallest absolute Gasteiger partial charge is 0.295 e. The minimum Gasteiger partial charge on any atom is -0.497 e. The maximum absolute atomic E-state index is 12.4. The molecule has 1 aliphatic carbocycles. The fourth-order valence-electron chi connectivity index (χ4n) is 3.91. The Kier molecular flexibility index (Phi) is 4.46. The van der Waals surface area contributed by atoms with Gasteiger partial charge in [0.05, 0.1) is 18.8 Å². The second-order valence-electron chi connectivity index (χ2n) is 7.90. The monoisotopic (exact) mass is 437 g/mol. The molecule has 0 unspecified atom stereocenters. The zero-order valence-electron chi connectivity index (χ0n) is 17.8. The fourth-order valence-corrected chi connectivity index (χ4v) is 3.91. The van der Waals surface area contributed by atoms with Gasteiger partial charge in [0.1, 0.15) is 11.4 Å². The van der Waals surface area contributed by atoms with E-state index in [1.54, 1.807) is 11.6 Å². The molecule has 0 amide bonds. The van der Waals surface area contributed by atoms with E-state index in [2.05, 4.69) is 21.4 Å². The first kappa shape index (κ1) is 19.3. The van der Waals surface area contributed by atoms with E-state index in [9.17, 15) is 4.79 Å². The van der Waals surface area contributed by atoms with Crippen LogP contribution >= 0.6 is 0 Å². The first-order valence-corrected chi connectivity index (χ1v) is 10.6. The van der Waals surface area contributed by atoms with Crippen LogP contribution in [0.4, 0.5) is 11.6 Å². The van der Waals surface area contributed by atoms with Crippen LogP contribution < -0.4 is 15.6 Å². The summed E-state index contributed by atoms with van der Waals surface area (Å²) in [4.78, 5) is 30.0. The normalized spacial score (nSPS) is 13.4. The molecule has 1 aliphatic rings. The lowest BCUT2D eigenvalue weighted by atomic mass is 10.1. The lowest BCUT2D eigenvalue weighted by Gasteiger charge is -2.10. The summed E-state index contributed by atoms with van der Waals surface area (Å²) < 4.78 is 6.89. The predicted molar refractivity (Wildman–Crippen MR) is 124 cm³/mol. The van der Waals surface area contributed by atoms with E-state index in [0.29, 0.717) is 23.3 Å². The number of ether oxygens (including phenoxy) is 1. The van der Waals surface area contributed by atoms with Crippen LogP contribution in [0, 0.1) is 0 Å². The van der Waals surface area contributed by atoms with E-state index in [4.69, 9.17) is 19.8 Å². The Hall–Kier alpha value is -4.40. The Morgan fingerprint density at radius 3 is 2.70 bits per heavy atom. The molecule has 0 bridgehead atoms. The van der Waals surface area contributed by atoms with E-state index in [0.717, 1.165) is 35.1 Å². The molecule has 3 heterocycles. The maximum atomic E-state index is 12.4. The Labute approximate surface area is 188 Å². The highest BCUT2D eigenvalue weighted by atomic mass is 16.5. The molecule has 33 heavy (non-hydrogen) atoms. The van der Waals surface area contributed by atoms with Crippen molar-refractivity contribution in [3.05, 3.63) is 77.0 Å². The van der Waals surface area contributed by atoms with Crippen molar-refractivity contribution in [1.29, 1.82) is 0 Å². The van der Waals surface area contributed by atoms with Crippen LogP contribution in [0.3, 0.4) is 0 Å². The van der Waals surface area contributed by atoms with Crippen molar-refractivity contribution in [1.82, 2.24) is 29.5 Å². The van der Waals surface area contributed by atoms with Gasteiger partial charge >= 0.3 is 0 Å². The zero-order valence-corrected chi connectivity index (χ0v) is 17.8. The molecule has 5 aromatic rings. The minimum atomic E-state index is -0.437. The van der Waals surface area contributed by atoms with Crippen molar-refractivity contribution in [3.8, 4) is 17.1 Å². The number of benzene rings is 2.